The third-order valence-corrected chi connectivity index (χ3v) is 2.77. The van der Waals surface area contributed by atoms with Crippen LogP contribution in [-0.4, -0.2) is 28.2 Å². The molecule has 6 heteroatoms. The molecule has 0 fully saturated rings. The van der Waals surface area contributed by atoms with Crippen molar-refractivity contribution < 1.29 is 10.0 Å². The van der Waals surface area contributed by atoms with Crippen molar-refractivity contribution in [2.75, 3.05) is 18.5 Å². The first-order valence-electron chi connectivity index (χ1n) is 6.00. The van der Waals surface area contributed by atoms with Crippen LogP contribution in [0.25, 0.3) is 0 Å². The molecule has 6 nitrogen and oxygen atoms in total. The lowest BCUT2D eigenvalue weighted by molar-refractivity contribution is -0.385. The molecule has 100 valence electrons. The summed E-state index contributed by atoms with van der Waals surface area (Å²) in [5.74, 6) is 0.952. The number of rotatable bonds is 7. The van der Waals surface area contributed by atoms with Gasteiger partial charge >= 0.3 is 0 Å². The van der Waals surface area contributed by atoms with Crippen molar-refractivity contribution in [3.8, 4) is 0 Å². The van der Waals surface area contributed by atoms with Crippen LogP contribution in [0.4, 0.5) is 11.5 Å². The molecular formula is C12H19N3O3. The first-order chi connectivity index (χ1) is 8.54. The number of aromatic nitrogens is 1. The van der Waals surface area contributed by atoms with Gasteiger partial charge in [-0.2, -0.15) is 0 Å². The van der Waals surface area contributed by atoms with Crippen molar-refractivity contribution in [2.45, 2.75) is 26.7 Å². The first kappa shape index (κ1) is 14.4. The summed E-state index contributed by atoms with van der Waals surface area (Å²) in [5.41, 5.74) is 0.635. The Bertz CT molecular complexity index is 410. The number of aryl methyl sites for hydroxylation is 1. The molecule has 18 heavy (non-hydrogen) atoms. The highest BCUT2D eigenvalue weighted by Gasteiger charge is 2.11. The lowest BCUT2D eigenvalue weighted by Gasteiger charge is -2.09. The first-order valence-corrected chi connectivity index (χ1v) is 6.00. The van der Waals surface area contributed by atoms with E-state index in [1.54, 1.807) is 13.0 Å². The maximum atomic E-state index is 10.6. The highest BCUT2D eigenvalue weighted by molar-refractivity contribution is 5.46. The van der Waals surface area contributed by atoms with Crippen molar-refractivity contribution in [3.63, 3.8) is 0 Å². The fourth-order valence-electron chi connectivity index (χ4n) is 1.59. The van der Waals surface area contributed by atoms with Crippen molar-refractivity contribution in [2.24, 2.45) is 5.92 Å². The van der Waals surface area contributed by atoms with E-state index in [-0.39, 0.29) is 12.3 Å². The summed E-state index contributed by atoms with van der Waals surface area (Å²) in [4.78, 5) is 14.2. The predicted molar refractivity (Wildman–Crippen MR) is 69.6 cm³/mol. The molecule has 0 saturated heterocycles. The lowest BCUT2D eigenvalue weighted by atomic mass is 10.1. The molecule has 0 bridgehead atoms. The second-order valence-corrected chi connectivity index (χ2v) is 4.47. The Morgan fingerprint density at radius 1 is 1.61 bits per heavy atom. The third kappa shape index (κ3) is 4.29. The molecule has 0 amide bonds. The van der Waals surface area contributed by atoms with Gasteiger partial charge in [-0.3, -0.25) is 10.1 Å². The second kappa shape index (κ2) is 6.90. The van der Waals surface area contributed by atoms with Gasteiger partial charge in [0.05, 0.1) is 4.92 Å². The maximum absolute atomic E-state index is 10.6. The van der Waals surface area contributed by atoms with E-state index in [0.717, 1.165) is 19.4 Å². The zero-order valence-corrected chi connectivity index (χ0v) is 10.7. The minimum atomic E-state index is -0.435. The molecule has 1 heterocycles. The lowest BCUT2D eigenvalue weighted by Crippen LogP contribution is -2.07. The van der Waals surface area contributed by atoms with Crippen molar-refractivity contribution in [1.82, 2.24) is 4.98 Å². The fourth-order valence-corrected chi connectivity index (χ4v) is 1.59. The molecule has 1 unspecified atom stereocenters. The summed E-state index contributed by atoms with van der Waals surface area (Å²) in [6.45, 7) is 4.64. The molecule has 0 aliphatic heterocycles. The maximum Gasteiger partial charge on any atom is 0.290 e. The topological polar surface area (TPSA) is 88.3 Å². The number of pyridine rings is 1. The Labute approximate surface area is 106 Å². The van der Waals surface area contributed by atoms with Gasteiger partial charge in [0, 0.05) is 18.7 Å². The Balaban J connectivity index is 2.44. The molecule has 0 aromatic carbocycles. The third-order valence-electron chi connectivity index (χ3n) is 2.77. The summed E-state index contributed by atoms with van der Waals surface area (Å²) in [6.07, 6.45) is 3.14. The Morgan fingerprint density at radius 2 is 2.33 bits per heavy atom. The zero-order chi connectivity index (χ0) is 13.5. The van der Waals surface area contributed by atoms with Crippen LogP contribution in [0, 0.1) is 23.0 Å². The van der Waals surface area contributed by atoms with Gasteiger partial charge in [0.15, 0.2) is 0 Å². The normalized spacial score (nSPS) is 12.2. The molecular weight excluding hydrogens is 234 g/mol. The van der Waals surface area contributed by atoms with Gasteiger partial charge in [-0.1, -0.05) is 6.92 Å². The van der Waals surface area contributed by atoms with Gasteiger partial charge in [-0.25, -0.2) is 4.98 Å². The quantitative estimate of drug-likeness (QED) is 0.441. The zero-order valence-electron chi connectivity index (χ0n) is 10.7. The fraction of sp³-hybridized carbons (Fsp3) is 0.583. The summed E-state index contributed by atoms with van der Waals surface area (Å²) in [6, 6.07) is 1.67. The number of nitro groups is 1. The highest BCUT2D eigenvalue weighted by Crippen LogP contribution is 2.18. The smallest absolute Gasteiger partial charge is 0.290 e. The minimum absolute atomic E-state index is 0.0365. The van der Waals surface area contributed by atoms with Gasteiger partial charge in [0.1, 0.15) is 12.0 Å². The van der Waals surface area contributed by atoms with E-state index in [4.69, 9.17) is 5.11 Å². The summed E-state index contributed by atoms with van der Waals surface area (Å²) >= 11 is 0. The van der Waals surface area contributed by atoms with E-state index in [1.165, 1.54) is 6.20 Å². The number of aliphatic hydroxyl groups excluding tert-OH is 1. The molecule has 1 aromatic heterocycles. The van der Waals surface area contributed by atoms with Crippen LogP contribution in [0.5, 0.6) is 0 Å². The number of nitrogens with zero attached hydrogens (tertiary/aromatic N) is 2. The predicted octanol–water partition coefficient (Wildman–Crippen LogP) is 2.12. The minimum Gasteiger partial charge on any atom is -0.396 e. The number of hydrogen-bond donors (Lipinski definition) is 2. The Hall–Kier alpha value is -1.69. The standard InChI is InChI=1S/C12H19N3O3/c1-9(8-16)4-3-5-13-12-6-10(2)11(7-14-12)15(17)18/h6-7,9,16H,3-5,8H2,1-2H3,(H,13,14). The highest BCUT2D eigenvalue weighted by atomic mass is 16.6. The van der Waals surface area contributed by atoms with Crippen LogP contribution in [0.1, 0.15) is 25.3 Å². The van der Waals surface area contributed by atoms with Gasteiger partial charge < -0.3 is 10.4 Å². The van der Waals surface area contributed by atoms with Crippen LogP contribution in [0.3, 0.4) is 0 Å². The molecule has 0 aliphatic carbocycles. The van der Waals surface area contributed by atoms with Crippen molar-refractivity contribution in [3.05, 3.63) is 27.9 Å². The van der Waals surface area contributed by atoms with E-state index >= 15 is 0 Å². The van der Waals surface area contributed by atoms with E-state index in [2.05, 4.69) is 10.3 Å². The Morgan fingerprint density at radius 3 is 2.89 bits per heavy atom. The van der Waals surface area contributed by atoms with Crippen molar-refractivity contribution >= 4 is 11.5 Å². The average Bonchev–Trinajstić information content (AvgIpc) is 2.34. The number of nitrogens with one attached hydrogen (secondary N) is 1. The summed E-state index contributed by atoms with van der Waals surface area (Å²) in [5, 5.41) is 22.6. The molecule has 1 aromatic rings. The largest absolute Gasteiger partial charge is 0.396 e. The van der Waals surface area contributed by atoms with E-state index in [1.807, 2.05) is 6.92 Å². The van der Waals surface area contributed by atoms with E-state index in [9.17, 15) is 10.1 Å². The average molecular weight is 253 g/mol. The number of anilines is 1. The van der Waals surface area contributed by atoms with Gasteiger partial charge in [-0.15, -0.1) is 0 Å². The van der Waals surface area contributed by atoms with E-state index in [0.29, 0.717) is 17.3 Å². The van der Waals surface area contributed by atoms with Crippen LogP contribution in [0.15, 0.2) is 12.3 Å². The molecule has 1 atom stereocenters. The molecule has 2 N–H and O–H groups in total. The van der Waals surface area contributed by atoms with Crippen LogP contribution < -0.4 is 5.32 Å². The number of aliphatic hydroxyl groups is 1. The second-order valence-electron chi connectivity index (χ2n) is 4.47. The summed E-state index contributed by atoms with van der Waals surface area (Å²) in [7, 11) is 0. The Kier molecular flexibility index (Phi) is 5.51. The van der Waals surface area contributed by atoms with Gasteiger partial charge in [0.25, 0.3) is 5.69 Å². The summed E-state index contributed by atoms with van der Waals surface area (Å²) < 4.78 is 0. The van der Waals surface area contributed by atoms with E-state index < -0.39 is 4.92 Å². The molecule has 0 aliphatic rings. The van der Waals surface area contributed by atoms with Gasteiger partial charge in [-0.05, 0) is 31.7 Å². The van der Waals surface area contributed by atoms with Gasteiger partial charge in [0.2, 0.25) is 0 Å². The van der Waals surface area contributed by atoms with Crippen LogP contribution in [0.2, 0.25) is 0 Å². The monoisotopic (exact) mass is 253 g/mol. The molecule has 1 rings (SSSR count). The molecule has 0 saturated carbocycles. The SMILES string of the molecule is Cc1cc(NCCCC(C)CO)ncc1[N+](=O)[O-]. The molecule has 0 spiro atoms. The van der Waals surface area contributed by atoms with Crippen LogP contribution in [-0.2, 0) is 0 Å². The molecule has 0 radical (unpaired) electrons. The van der Waals surface area contributed by atoms with Crippen molar-refractivity contribution in [1.29, 1.82) is 0 Å². The van der Waals surface area contributed by atoms with Crippen LogP contribution >= 0.6 is 0 Å². The number of hydrogen-bond acceptors (Lipinski definition) is 5.